The van der Waals surface area contributed by atoms with Crippen molar-refractivity contribution in [3.8, 4) is 0 Å². The number of anilines is 1. The number of halogens is 2. The van der Waals surface area contributed by atoms with Gasteiger partial charge in [-0.25, -0.2) is 4.39 Å². The monoisotopic (exact) mass is 300 g/mol. The van der Waals surface area contributed by atoms with Crippen LogP contribution in [0.15, 0.2) is 22.7 Å². The molecule has 1 aromatic carbocycles. The predicted octanol–water partition coefficient (Wildman–Crippen LogP) is 1.66. The van der Waals surface area contributed by atoms with Crippen LogP contribution < -0.4 is 10.6 Å². The topological polar surface area (TPSA) is 58.2 Å². The normalized spacial score (nSPS) is 18.9. The quantitative estimate of drug-likeness (QED) is 0.873. The summed E-state index contributed by atoms with van der Waals surface area (Å²) in [5.41, 5.74) is 0.370. The molecule has 1 fully saturated rings. The van der Waals surface area contributed by atoms with E-state index in [1.807, 2.05) is 0 Å². The van der Waals surface area contributed by atoms with Gasteiger partial charge in [0.2, 0.25) is 11.8 Å². The second-order valence-corrected chi connectivity index (χ2v) is 4.67. The maximum absolute atomic E-state index is 13.0. The molecule has 1 unspecified atom stereocenters. The summed E-state index contributed by atoms with van der Waals surface area (Å²) in [6.07, 6.45) is 0.179. The van der Waals surface area contributed by atoms with E-state index in [1.54, 1.807) is 0 Å². The fraction of sp³-hybridized carbons (Fsp3) is 0.273. The van der Waals surface area contributed by atoms with Crippen LogP contribution in [0.2, 0.25) is 0 Å². The number of carbonyl (C=O) groups is 2. The van der Waals surface area contributed by atoms with Crippen molar-refractivity contribution in [2.75, 3.05) is 11.9 Å². The van der Waals surface area contributed by atoms with Gasteiger partial charge < -0.3 is 10.6 Å². The van der Waals surface area contributed by atoms with Crippen molar-refractivity contribution in [3.05, 3.63) is 28.5 Å². The van der Waals surface area contributed by atoms with Gasteiger partial charge in [-0.1, -0.05) is 0 Å². The number of nitrogens with one attached hydrogen (secondary N) is 2. The zero-order valence-corrected chi connectivity index (χ0v) is 10.4. The Kier molecular flexibility index (Phi) is 3.42. The third-order valence-electron chi connectivity index (χ3n) is 2.53. The summed E-state index contributed by atoms with van der Waals surface area (Å²) >= 11 is 3.22. The molecule has 0 radical (unpaired) electrons. The molecule has 6 heteroatoms. The van der Waals surface area contributed by atoms with E-state index >= 15 is 0 Å². The minimum atomic E-state index is -0.427. The van der Waals surface area contributed by atoms with Gasteiger partial charge in [-0.3, -0.25) is 9.59 Å². The van der Waals surface area contributed by atoms with Crippen molar-refractivity contribution in [2.24, 2.45) is 5.92 Å². The van der Waals surface area contributed by atoms with Crippen molar-refractivity contribution in [1.29, 1.82) is 0 Å². The van der Waals surface area contributed by atoms with E-state index in [2.05, 4.69) is 26.6 Å². The van der Waals surface area contributed by atoms with Gasteiger partial charge in [0.15, 0.2) is 0 Å². The Morgan fingerprint density at radius 1 is 1.53 bits per heavy atom. The van der Waals surface area contributed by atoms with Gasteiger partial charge in [0.05, 0.1) is 11.6 Å². The van der Waals surface area contributed by atoms with Crippen LogP contribution in [-0.2, 0) is 9.59 Å². The Labute approximate surface area is 106 Å². The molecule has 1 aliphatic rings. The first-order chi connectivity index (χ1) is 8.06. The van der Waals surface area contributed by atoms with Crippen molar-refractivity contribution in [1.82, 2.24) is 5.32 Å². The van der Waals surface area contributed by atoms with Crippen LogP contribution in [0, 0.1) is 11.7 Å². The molecule has 1 atom stereocenters. The summed E-state index contributed by atoms with van der Waals surface area (Å²) in [6, 6.07) is 4.04. The van der Waals surface area contributed by atoms with Crippen LogP contribution in [0.25, 0.3) is 0 Å². The number of carbonyl (C=O) groups excluding carboxylic acids is 2. The summed E-state index contributed by atoms with van der Waals surface area (Å²) in [4.78, 5) is 22.7. The molecule has 0 saturated carbocycles. The fourth-order valence-corrected chi connectivity index (χ4v) is 1.96. The van der Waals surface area contributed by atoms with Crippen LogP contribution in [-0.4, -0.2) is 18.4 Å². The molecule has 4 nitrogen and oxygen atoms in total. The first-order valence-corrected chi connectivity index (χ1v) is 5.88. The highest BCUT2D eigenvalue weighted by Gasteiger charge is 2.28. The van der Waals surface area contributed by atoms with E-state index in [4.69, 9.17) is 0 Å². The second-order valence-electron chi connectivity index (χ2n) is 3.82. The molecule has 0 aromatic heterocycles. The molecule has 0 aliphatic carbocycles. The first kappa shape index (κ1) is 12.0. The number of rotatable bonds is 2. The lowest BCUT2D eigenvalue weighted by atomic mass is 10.1. The molecular weight excluding hydrogens is 291 g/mol. The predicted molar refractivity (Wildman–Crippen MR) is 63.8 cm³/mol. The zero-order chi connectivity index (χ0) is 12.4. The Morgan fingerprint density at radius 2 is 2.29 bits per heavy atom. The largest absolute Gasteiger partial charge is 0.355 e. The summed E-state index contributed by atoms with van der Waals surface area (Å²) in [7, 11) is 0. The van der Waals surface area contributed by atoms with Crippen molar-refractivity contribution < 1.29 is 14.0 Å². The molecule has 2 rings (SSSR count). The third-order valence-corrected chi connectivity index (χ3v) is 3.23. The van der Waals surface area contributed by atoms with Gasteiger partial charge in [-0.2, -0.15) is 0 Å². The van der Waals surface area contributed by atoms with Crippen molar-refractivity contribution in [2.45, 2.75) is 6.42 Å². The van der Waals surface area contributed by atoms with Crippen molar-refractivity contribution >= 4 is 33.4 Å². The Balaban J connectivity index is 2.07. The fourth-order valence-electron chi connectivity index (χ4n) is 1.62. The molecule has 1 aliphatic heterocycles. The molecule has 1 aromatic rings. The Bertz CT molecular complexity index is 479. The van der Waals surface area contributed by atoms with Crippen LogP contribution in [0.4, 0.5) is 10.1 Å². The lowest BCUT2D eigenvalue weighted by molar-refractivity contribution is -0.123. The highest BCUT2D eigenvalue weighted by molar-refractivity contribution is 9.10. The van der Waals surface area contributed by atoms with E-state index in [0.29, 0.717) is 16.7 Å². The molecule has 0 spiro atoms. The van der Waals surface area contributed by atoms with Crippen molar-refractivity contribution in [3.63, 3.8) is 0 Å². The summed E-state index contributed by atoms with van der Waals surface area (Å²) < 4.78 is 13.6. The Morgan fingerprint density at radius 3 is 2.94 bits per heavy atom. The Hall–Kier alpha value is -1.43. The standard InChI is InChI=1S/C11H10BrFN2O2/c12-8-2-1-7(13)4-9(8)15-11(17)6-3-10(16)14-5-6/h1-2,4,6H,3,5H2,(H,14,16)(H,15,17). The van der Waals surface area contributed by atoms with E-state index in [-0.39, 0.29) is 18.2 Å². The van der Waals surface area contributed by atoms with E-state index in [1.165, 1.54) is 18.2 Å². The molecule has 17 heavy (non-hydrogen) atoms. The third kappa shape index (κ3) is 2.82. The van der Waals surface area contributed by atoms with Crippen LogP contribution in [0.3, 0.4) is 0 Å². The van der Waals surface area contributed by atoms with Crippen LogP contribution in [0.5, 0.6) is 0 Å². The smallest absolute Gasteiger partial charge is 0.229 e. The maximum atomic E-state index is 13.0. The molecule has 2 N–H and O–H groups in total. The minimum Gasteiger partial charge on any atom is -0.355 e. The van der Waals surface area contributed by atoms with Gasteiger partial charge >= 0.3 is 0 Å². The van der Waals surface area contributed by atoms with Gasteiger partial charge in [0.1, 0.15) is 5.82 Å². The molecule has 1 heterocycles. The van der Waals surface area contributed by atoms with E-state index in [9.17, 15) is 14.0 Å². The van der Waals surface area contributed by atoms with Crippen LogP contribution in [0.1, 0.15) is 6.42 Å². The number of hydrogen-bond donors (Lipinski definition) is 2. The van der Waals surface area contributed by atoms with Gasteiger partial charge in [0.25, 0.3) is 0 Å². The molecular formula is C11H10BrFN2O2. The lowest BCUT2D eigenvalue weighted by Gasteiger charge is -2.10. The minimum absolute atomic E-state index is 0.136. The molecule has 1 saturated heterocycles. The second kappa shape index (κ2) is 4.83. The van der Waals surface area contributed by atoms with Gasteiger partial charge in [-0.15, -0.1) is 0 Å². The molecule has 0 bridgehead atoms. The number of hydrogen-bond acceptors (Lipinski definition) is 2. The van der Waals surface area contributed by atoms with Crippen LogP contribution >= 0.6 is 15.9 Å². The number of benzene rings is 1. The summed E-state index contributed by atoms with van der Waals surface area (Å²) in [5.74, 6) is -1.24. The maximum Gasteiger partial charge on any atom is 0.229 e. The highest BCUT2D eigenvalue weighted by atomic mass is 79.9. The first-order valence-electron chi connectivity index (χ1n) is 5.09. The zero-order valence-electron chi connectivity index (χ0n) is 8.80. The average molecular weight is 301 g/mol. The molecule has 90 valence electrons. The molecule has 2 amide bonds. The summed E-state index contributed by atoms with van der Waals surface area (Å²) in [5, 5.41) is 5.17. The highest BCUT2D eigenvalue weighted by Crippen LogP contribution is 2.24. The number of amides is 2. The van der Waals surface area contributed by atoms with Gasteiger partial charge in [-0.05, 0) is 34.1 Å². The van der Waals surface area contributed by atoms with Gasteiger partial charge in [0, 0.05) is 17.4 Å². The SMILES string of the molecule is O=C1CC(C(=O)Nc2cc(F)ccc2Br)CN1. The van der Waals surface area contributed by atoms with E-state index in [0.717, 1.165) is 0 Å². The summed E-state index contributed by atoms with van der Waals surface area (Å²) in [6.45, 7) is 0.331. The average Bonchev–Trinajstić information content (AvgIpc) is 2.70. The van der Waals surface area contributed by atoms with E-state index < -0.39 is 11.7 Å². The lowest BCUT2D eigenvalue weighted by Crippen LogP contribution is -2.24.